The van der Waals surface area contributed by atoms with Crippen LogP contribution in [0, 0.1) is 11.3 Å². The number of methoxy groups -OCH3 is 1. The average molecular weight is 345 g/mol. The number of carbonyl (C=O) groups is 1. The highest BCUT2D eigenvalue weighted by Crippen LogP contribution is 2.32. The van der Waals surface area contributed by atoms with E-state index in [1.807, 2.05) is 0 Å². The van der Waals surface area contributed by atoms with E-state index in [9.17, 15) is 15.2 Å². The maximum atomic E-state index is 11.8. The number of benzene rings is 2. The predicted molar refractivity (Wildman–Crippen MR) is 97.2 cm³/mol. The van der Waals surface area contributed by atoms with Crippen LogP contribution in [0.1, 0.15) is 15.9 Å². The number of hydrogen-bond donors (Lipinski definition) is 2. The lowest BCUT2D eigenvalue weighted by Crippen LogP contribution is -2.02. The number of hydrogen-bond acceptors (Lipinski definition) is 6. The van der Waals surface area contributed by atoms with Crippen LogP contribution in [0.4, 0.5) is 5.82 Å². The second-order valence-corrected chi connectivity index (χ2v) is 5.55. The van der Waals surface area contributed by atoms with Crippen LogP contribution in [0.15, 0.2) is 54.6 Å². The number of nitriles is 1. The van der Waals surface area contributed by atoms with Crippen LogP contribution < -0.4 is 5.73 Å². The third kappa shape index (κ3) is 3.19. The van der Waals surface area contributed by atoms with Gasteiger partial charge in [0.05, 0.1) is 18.4 Å². The van der Waals surface area contributed by atoms with E-state index < -0.39 is 5.97 Å². The summed E-state index contributed by atoms with van der Waals surface area (Å²) >= 11 is 0. The van der Waals surface area contributed by atoms with Crippen molar-refractivity contribution in [3.05, 3.63) is 65.7 Å². The lowest BCUT2D eigenvalue weighted by Gasteiger charge is -2.11. The van der Waals surface area contributed by atoms with E-state index in [4.69, 9.17) is 10.5 Å². The summed E-state index contributed by atoms with van der Waals surface area (Å²) < 4.78 is 4.75. The molecular weight excluding hydrogens is 330 g/mol. The van der Waals surface area contributed by atoms with Gasteiger partial charge in [-0.25, -0.2) is 9.78 Å². The summed E-state index contributed by atoms with van der Waals surface area (Å²) in [7, 11) is 1.31. The Labute approximate surface area is 150 Å². The minimum atomic E-state index is -0.467. The van der Waals surface area contributed by atoms with E-state index in [1.54, 1.807) is 54.6 Å². The Morgan fingerprint density at radius 2 is 1.88 bits per heavy atom. The number of nitrogens with two attached hydrogens (primary N) is 1. The number of phenols is 1. The quantitative estimate of drug-likeness (QED) is 0.704. The molecule has 0 saturated carbocycles. The zero-order valence-corrected chi connectivity index (χ0v) is 13.9. The number of anilines is 1. The van der Waals surface area contributed by atoms with Crippen molar-refractivity contribution in [1.82, 2.24) is 4.98 Å². The molecule has 6 nitrogen and oxygen atoms in total. The van der Waals surface area contributed by atoms with Gasteiger partial charge in [0.15, 0.2) is 0 Å². The van der Waals surface area contributed by atoms with Crippen molar-refractivity contribution in [3.8, 4) is 34.2 Å². The monoisotopic (exact) mass is 345 g/mol. The number of pyridine rings is 1. The van der Waals surface area contributed by atoms with Crippen molar-refractivity contribution >= 4 is 11.8 Å². The first-order valence-electron chi connectivity index (χ1n) is 7.72. The van der Waals surface area contributed by atoms with Crippen LogP contribution >= 0.6 is 0 Å². The Balaban J connectivity index is 2.19. The molecule has 0 unspecified atom stereocenters. The van der Waals surface area contributed by atoms with Crippen molar-refractivity contribution < 1.29 is 14.6 Å². The normalized spacial score (nSPS) is 10.2. The summed E-state index contributed by atoms with van der Waals surface area (Å²) in [6.07, 6.45) is 0. The standard InChI is InChI=1S/C20H15N3O3/c1-26-20(25)14-4-2-3-13(9-14)16-10-18(23-19(22)17(16)11-21)12-5-7-15(24)8-6-12/h2-10,24H,1H3,(H2,22,23). The van der Waals surface area contributed by atoms with Gasteiger partial charge >= 0.3 is 5.97 Å². The minimum absolute atomic E-state index is 0.0940. The number of aromatic hydroxyl groups is 1. The molecule has 26 heavy (non-hydrogen) atoms. The van der Waals surface area contributed by atoms with Gasteiger partial charge in [-0.05, 0) is 48.0 Å². The SMILES string of the molecule is COC(=O)c1cccc(-c2cc(-c3ccc(O)cc3)nc(N)c2C#N)c1. The Morgan fingerprint density at radius 3 is 2.54 bits per heavy atom. The third-order valence-corrected chi connectivity index (χ3v) is 3.92. The highest BCUT2D eigenvalue weighted by Gasteiger charge is 2.15. The number of ether oxygens (including phenoxy) is 1. The molecule has 1 heterocycles. The van der Waals surface area contributed by atoms with Gasteiger partial charge in [0.25, 0.3) is 0 Å². The third-order valence-electron chi connectivity index (χ3n) is 3.92. The summed E-state index contributed by atoms with van der Waals surface area (Å²) in [5, 5.41) is 18.9. The van der Waals surface area contributed by atoms with E-state index in [0.717, 1.165) is 5.56 Å². The topological polar surface area (TPSA) is 109 Å². The van der Waals surface area contributed by atoms with Gasteiger partial charge in [0, 0.05) is 11.1 Å². The van der Waals surface area contributed by atoms with E-state index >= 15 is 0 Å². The molecular formula is C20H15N3O3. The molecule has 0 aliphatic carbocycles. The van der Waals surface area contributed by atoms with Crippen LogP contribution in [0.5, 0.6) is 5.75 Å². The summed E-state index contributed by atoms with van der Waals surface area (Å²) in [5.41, 5.74) is 9.10. The van der Waals surface area contributed by atoms with Crippen LogP contribution in [-0.2, 0) is 4.74 Å². The first-order chi connectivity index (χ1) is 12.5. The van der Waals surface area contributed by atoms with Crippen LogP contribution in [0.25, 0.3) is 22.4 Å². The van der Waals surface area contributed by atoms with E-state index in [2.05, 4.69) is 11.1 Å². The Kier molecular flexibility index (Phi) is 4.54. The van der Waals surface area contributed by atoms with E-state index in [0.29, 0.717) is 22.4 Å². The summed E-state index contributed by atoms with van der Waals surface area (Å²) in [6.45, 7) is 0. The fourth-order valence-corrected chi connectivity index (χ4v) is 2.62. The molecule has 0 aliphatic heterocycles. The molecule has 6 heteroatoms. The molecule has 3 N–H and O–H groups in total. The number of rotatable bonds is 3. The fourth-order valence-electron chi connectivity index (χ4n) is 2.62. The molecule has 0 fully saturated rings. The van der Waals surface area contributed by atoms with Gasteiger partial charge in [-0.2, -0.15) is 5.26 Å². The lowest BCUT2D eigenvalue weighted by atomic mass is 9.97. The van der Waals surface area contributed by atoms with Crippen LogP contribution in [0.3, 0.4) is 0 Å². The molecule has 0 amide bonds. The van der Waals surface area contributed by atoms with Gasteiger partial charge in [-0.15, -0.1) is 0 Å². The smallest absolute Gasteiger partial charge is 0.337 e. The maximum absolute atomic E-state index is 11.8. The van der Waals surface area contributed by atoms with Crippen molar-refractivity contribution in [1.29, 1.82) is 5.26 Å². The number of nitrogens with zero attached hydrogens (tertiary/aromatic N) is 2. The Hall–Kier alpha value is -3.85. The van der Waals surface area contributed by atoms with Crippen molar-refractivity contribution in [2.75, 3.05) is 12.8 Å². The maximum Gasteiger partial charge on any atom is 0.337 e. The van der Waals surface area contributed by atoms with Crippen molar-refractivity contribution in [3.63, 3.8) is 0 Å². The largest absolute Gasteiger partial charge is 0.508 e. The Morgan fingerprint density at radius 1 is 1.15 bits per heavy atom. The van der Waals surface area contributed by atoms with Crippen molar-refractivity contribution in [2.24, 2.45) is 0 Å². The van der Waals surface area contributed by atoms with Crippen LogP contribution in [0.2, 0.25) is 0 Å². The number of phenolic OH excluding ortho intramolecular Hbond substituents is 1. The number of carbonyl (C=O) groups excluding carboxylic acids is 1. The van der Waals surface area contributed by atoms with Gasteiger partial charge in [-0.3, -0.25) is 0 Å². The molecule has 128 valence electrons. The highest BCUT2D eigenvalue weighted by molar-refractivity contribution is 5.92. The second kappa shape index (κ2) is 6.95. The summed E-state index contributed by atoms with van der Waals surface area (Å²) in [5.74, 6) is -0.232. The second-order valence-electron chi connectivity index (χ2n) is 5.55. The summed E-state index contributed by atoms with van der Waals surface area (Å²) in [4.78, 5) is 16.1. The molecule has 0 atom stereocenters. The molecule has 3 aromatic rings. The molecule has 0 spiro atoms. The zero-order valence-electron chi connectivity index (χ0n) is 13.9. The molecule has 1 aromatic heterocycles. The molecule has 3 rings (SSSR count). The predicted octanol–water partition coefficient (Wildman–Crippen LogP) is 3.36. The first-order valence-corrected chi connectivity index (χ1v) is 7.72. The van der Waals surface area contributed by atoms with Gasteiger partial charge in [0.1, 0.15) is 23.2 Å². The molecule has 0 bridgehead atoms. The molecule has 0 radical (unpaired) electrons. The highest BCUT2D eigenvalue weighted by atomic mass is 16.5. The van der Waals surface area contributed by atoms with Crippen LogP contribution in [-0.4, -0.2) is 23.2 Å². The van der Waals surface area contributed by atoms with Gasteiger partial charge in [-0.1, -0.05) is 12.1 Å². The first kappa shape index (κ1) is 17.0. The zero-order chi connectivity index (χ0) is 18.7. The summed E-state index contributed by atoms with van der Waals surface area (Å²) in [6, 6.07) is 17.1. The number of aromatic nitrogens is 1. The van der Waals surface area contributed by atoms with Crippen molar-refractivity contribution in [2.45, 2.75) is 0 Å². The van der Waals surface area contributed by atoms with E-state index in [1.165, 1.54) is 7.11 Å². The molecule has 0 saturated heterocycles. The minimum Gasteiger partial charge on any atom is -0.508 e. The lowest BCUT2D eigenvalue weighted by molar-refractivity contribution is 0.0601. The Bertz CT molecular complexity index is 1020. The van der Waals surface area contributed by atoms with E-state index in [-0.39, 0.29) is 17.1 Å². The van der Waals surface area contributed by atoms with Gasteiger partial charge in [0.2, 0.25) is 0 Å². The van der Waals surface area contributed by atoms with Gasteiger partial charge < -0.3 is 15.6 Å². The molecule has 2 aromatic carbocycles. The fraction of sp³-hybridized carbons (Fsp3) is 0.0500. The molecule has 0 aliphatic rings. The number of esters is 1. The number of nitrogen functional groups attached to an aromatic ring is 1. The average Bonchev–Trinajstić information content (AvgIpc) is 2.67.